The molecule has 5 heteroatoms. The monoisotopic (exact) mass is 277 g/mol. The zero-order chi connectivity index (χ0) is 14.4. The van der Waals surface area contributed by atoms with Crippen LogP contribution in [0.5, 0.6) is 0 Å². The molecule has 1 unspecified atom stereocenters. The first-order valence-electron chi connectivity index (χ1n) is 6.83. The van der Waals surface area contributed by atoms with E-state index in [1.165, 1.54) is 0 Å². The van der Waals surface area contributed by atoms with Crippen molar-refractivity contribution in [2.75, 3.05) is 13.2 Å². The maximum absolute atomic E-state index is 12.4. The number of hydrogen-bond acceptors (Lipinski definition) is 3. The first kappa shape index (κ1) is 14.5. The molecule has 5 nitrogen and oxygen atoms in total. The lowest BCUT2D eigenvalue weighted by atomic mass is 10.1. The lowest BCUT2D eigenvalue weighted by Crippen LogP contribution is -2.39. The number of benzene rings is 1. The molecule has 1 atom stereocenters. The van der Waals surface area contributed by atoms with Crippen molar-refractivity contribution < 1.29 is 19.4 Å². The molecule has 0 spiro atoms. The van der Waals surface area contributed by atoms with E-state index in [4.69, 9.17) is 9.84 Å². The van der Waals surface area contributed by atoms with E-state index in [1.807, 2.05) is 30.3 Å². The number of carboxylic acid groups (broad SMARTS) is 1. The van der Waals surface area contributed by atoms with Gasteiger partial charge in [-0.05, 0) is 18.4 Å². The second-order valence-corrected chi connectivity index (χ2v) is 4.89. The van der Waals surface area contributed by atoms with Gasteiger partial charge < -0.3 is 14.7 Å². The van der Waals surface area contributed by atoms with Crippen LogP contribution in [0, 0.1) is 0 Å². The van der Waals surface area contributed by atoms with E-state index < -0.39 is 12.1 Å². The van der Waals surface area contributed by atoms with Gasteiger partial charge in [-0.1, -0.05) is 30.3 Å². The Morgan fingerprint density at radius 2 is 2.05 bits per heavy atom. The average molecular weight is 277 g/mol. The Balaban J connectivity index is 2.03. The van der Waals surface area contributed by atoms with Crippen LogP contribution in [-0.4, -0.2) is 41.1 Å². The average Bonchev–Trinajstić information content (AvgIpc) is 2.97. The van der Waals surface area contributed by atoms with Crippen molar-refractivity contribution in [3.63, 3.8) is 0 Å². The summed E-state index contributed by atoms with van der Waals surface area (Å²) in [6.45, 7) is 1.24. The van der Waals surface area contributed by atoms with E-state index in [-0.39, 0.29) is 18.9 Å². The first-order valence-corrected chi connectivity index (χ1v) is 6.83. The third-order valence-electron chi connectivity index (χ3n) is 3.33. The highest BCUT2D eigenvalue weighted by molar-refractivity contribution is 5.81. The topological polar surface area (TPSA) is 66.8 Å². The molecule has 1 aromatic carbocycles. The molecular formula is C15H19NO4. The molecule has 0 radical (unpaired) electrons. The molecule has 1 heterocycles. The van der Waals surface area contributed by atoms with Crippen LogP contribution in [0.25, 0.3) is 0 Å². The van der Waals surface area contributed by atoms with Gasteiger partial charge in [0, 0.05) is 19.7 Å². The van der Waals surface area contributed by atoms with Gasteiger partial charge in [0.2, 0.25) is 0 Å². The van der Waals surface area contributed by atoms with Crippen molar-refractivity contribution in [2.24, 2.45) is 0 Å². The molecule has 0 saturated carbocycles. The minimum Gasteiger partial charge on any atom is -0.481 e. The minimum absolute atomic E-state index is 0.0503. The standard InChI is InChI=1S/C15H19NO4/c17-14(18)8-9-16(11-12-5-2-1-3-6-12)15(19)13-7-4-10-20-13/h1-3,5-6,13H,4,7-11H2,(H,17,18). The zero-order valence-electron chi connectivity index (χ0n) is 11.3. The minimum atomic E-state index is -0.900. The number of carboxylic acids is 1. The lowest BCUT2D eigenvalue weighted by molar-refractivity contribution is -0.143. The fourth-order valence-corrected chi connectivity index (χ4v) is 2.28. The maximum atomic E-state index is 12.4. The molecule has 20 heavy (non-hydrogen) atoms. The van der Waals surface area contributed by atoms with Gasteiger partial charge in [-0.3, -0.25) is 9.59 Å². The summed E-state index contributed by atoms with van der Waals surface area (Å²) in [5.74, 6) is -1.00. The van der Waals surface area contributed by atoms with Crippen molar-refractivity contribution in [1.82, 2.24) is 4.90 Å². The fraction of sp³-hybridized carbons (Fsp3) is 0.467. The van der Waals surface area contributed by atoms with E-state index in [0.29, 0.717) is 13.2 Å². The normalized spacial score (nSPS) is 17.9. The third-order valence-corrected chi connectivity index (χ3v) is 3.33. The number of nitrogens with zero attached hydrogens (tertiary/aromatic N) is 1. The Labute approximate surface area is 118 Å². The van der Waals surface area contributed by atoms with Crippen molar-refractivity contribution >= 4 is 11.9 Å². The van der Waals surface area contributed by atoms with Crippen LogP contribution in [0.4, 0.5) is 0 Å². The summed E-state index contributed by atoms with van der Waals surface area (Å²) in [7, 11) is 0. The molecule has 1 amide bonds. The van der Waals surface area contributed by atoms with Gasteiger partial charge in [0.1, 0.15) is 6.10 Å². The molecule has 2 rings (SSSR count). The van der Waals surface area contributed by atoms with Crippen molar-refractivity contribution in [3.8, 4) is 0 Å². The summed E-state index contributed by atoms with van der Waals surface area (Å²) in [6.07, 6.45) is 1.14. The summed E-state index contributed by atoms with van der Waals surface area (Å²) < 4.78 is 5.40. The van der Waals surface area contributed by atoms with E-state index in [9.17, 15) is 9.59 Å². The van der Waals surface area contributed by atoms with Gasteiger partial charge >= 0.3 is 5.97 Å². The van der Waals surface area contributed by atoms with E-state index >= 15 is 0 Å². The molecule has 1 aromatic rings. The fourth-order valence-electron chi connectivity index (χ4n) is 2.28. The SMILES string of the molecule is O=C(O)CCN(Cc1ccccc1)C(=O)C1CCCO1. The smallest absolute Gasteiger partial charge is 0.305 e. The Morgan fingerprint density at radius 1 is 1.30 bits per heavy atom. The van der Waals surface area contributed by atoms with Crippen LogP contribution >= 0.6 is 0 Å². The maximum Gasteiger partial charge on any atom is 0.305 e. The number of ether oxygens (including phenoxy) is 1. The molecule has 1 aliphatic rings. The molecule has 1 fully saturated rings. The number of aliphatic carboxylic acids is 1. The summed E-state index contributed by atoms with van der Waals surface area (Å²) in [6, 6.07) is 9.57. The van der Waals surface area contributed by atoms with Crippen molar-refractivity contribution in [1.29, 1.82) is 0 Å². The zero-order valence-corrected chi connectivity index (χ0v) is 11.3. The van der Waals surface area contributed by atoms with Crippen molar-refractivity contribution in [3.05, 3.63) is 35.9 Å². The Morgan fingerprint density at radius 3 is 2.65 bits per heavy atom. The molecular weight excluding hydrogens is 258 g/mol. The predicted octanol–water partition coefficient (Wildman–Crippen LogP) is 1.67. The second kappa shape index (κ2) is 7.05. The third kappa shape index (κ3) is 4.06. The quantitative estimate of drug-likeness (QED) is 0.859. The molecule has 108 valence electrons. The van der Waals surface area contributed by atoms with Gasteiger partial charge in [-0.25, -0.2) is 0 Å². The van der Waals surface area contributed by atoms with E-state index in [1.54, 1.807) is 4.90 Å². The highest BCUT2D eigenvalue weighted by Gasteiger charge is 2.28. The Hall–Kier alpha value is -1.88. The molecule has 1 aliphatic heterocycles. The van der Waals surface area contributed by atoms with Gasteiger partial charge in [0.15, 0.2) is 0 Å². The van der Waals surface area contributed by atoms with Gasteiger partial charge in [0.05, 0.1) is 6.42 Å². The first-order chi connectivity index (χ1) is 9.66. The van der Waals surface area contributed by atoms with E-state index in [2.05, 4.69) is 0 Å². The number of carbonyl (C=O) groups is 2. The Bertz CT molecular complexity index is 454. The number of rotatable bonds is 6. The van der Waals surface area contributed by atoms with Crippen LogP contribution in [0.1, 0.15) is 24.8 Å². The number of carbonyl (C=O) groups excluding carboxylic acids is 1. The van der Waals surface area contributed by atoms with Crippen LogP contribution < -0.4 is 0 Å². The summed E-state index contributed by atoms with van der Waals surface area (Å²) in [5.41, 5.74) is 0.990. The number of amides is 1. The predicted molar refractivity (Wildman–Crippen MR) is 73.1 cm³/mol. The highest BCUT2D eigenvalue weighted by atomic mass is 16.5. The van der Waals surface area contributed by atoms with Crippen molar-refractivity contribution in [2.45, 2.75) is 31.9 Å². The lowest BCUT2D eigenvalue weighted by Gasteiger charge is -2.25. The van der Waals surface area contributed by atoms with Crippen LogP contribution in [0.15, 0.2) is 30.3 Å². The van der Waals surface area contributed by atoms with Crippen LogP contribution in [0.2, 0.25) is 0 Å². The summed E-state index contributed by atoms with van der Waals surface area (Å²) in [5, 5.41) is 8.81. The van der Waals surface area contributed by atoms with Crippen LogP contribution in [-0.2, 0) is 20.9 Å². The van der Waals surface area contributed by atoms with Gasteiger partial charge in [-0.2, -0.15) is 0 Å². The highest BCUT2D eigenvalue weighted by Crippen LogP contribution is 2.16. The number of hydrogen-bond donors (Lipinski definition) is 1. The summed E-state index contributed by atoms with van der Waals surface area (Å²) >= 11 is 0. The second-order valence-electron chi connectivity index (χ2n) is 4.89. The van der Waals surface area contributed by atoms with E-state index in [0.717, 1.165) is 18.4 Å². The Kier molecular flexibility index (Phi) is 5.12. The molecule has 1 N–H and O–H groups in total. The van der Waals surface area contributed by atoms with Gasteiger partial charge in [0.25, 0.3) is 5.91 Å². The molecule has 0 bridgehead atoms. The largest absolute Gasteiger partial charge is 0.481 e. The van der Waals surface area contributed by atoms with Gasteiger partial charge in [-0.15, -0.1) is 0 Å². The molecule has 0 aliphatic carbocycles. The summed E-state index contributed by atoms with van der Waals surface area (Å²) in [4.78, 5) is 24.7. The van der Waals surface area contributed by atoms with Crippen LogP contribution in [0.3, 0.4) is 0 Å². The molecule has 1 saturated heterocycles. The molecule has 0 aromatic heterocycles.